The van der Waals surface area contributed by atoms with Crippen molar-refractivity contribution in [2.75, 3.05) is 6.54 Å². The molecule has 1 N–H and O–H groups in total. The van der Waals surface area contributed by atoms with E-state index in [0.717, 1.165) is 19.5 Å². The minimum Gasteiger partial charge on any atom is -0.308 e. The largest absolute Gasteiger partial charge is 0.308 e. The molecule has 2 rings (SSSR count). The topological polar surface area (TPSA) is 42.7 Å². The second-order valence-electron chi connectivity index (χ2n) is 6.13. The number of hydrogen-bond donors (Lipinski definition) is 1. The zero-order valence-electron chi connectivity index (χ0n) is 12.7. The molecule has 0 aliphatic heterocycles. The Morgan fingerprint density at radius 1 is 1.32 bits per heavy atom. The van der Waals surface area contributed by atoms with Crippen LogP contribution in [0.3, 0.4) is 0 Å². The van der Waals surface area contributed by atoms with Crippen LogP contribution in [-0.2, 0) is 6.54 Å². The van der Waals surface area contributed by atoms with Crippen molar-refractivity contribution >= 4 is 0 Å². The molecule has 1 heterocycles. The lowest BCUT2D eigenvalue weighted by Gasteiger charge is -2.35. The van der Waals surface area contributed by atoms with Gasteiger partial charge in [-0.2, -0.15) is 0 Å². The molecule has 0 radical (unpaired) electrons. The van der Waals surface area contributed by atoms with Gasteiger partial charge in [0.2, 0.25) is 0 Å². The van der Waals surface area contributed by atoms with Gasteiger partial charge in [-0.25, -0.2) is 4.68 Å². The Morgan fingerprint density at radius 3 is 2.68 bits per heavy atom. The lowest BCUT2D eigenvalue weighted by atomic mass is 9.79. The third-order valence-corrected chi connectivity index (χ3v) is 4.42. The predicted molar refractivity (Wildman–Crippen MR) is 77.9 cm³/mol. The standard InChI is InChI=1S/C15H28N4/c1-4-10-16-14(15(3)8-6-7-9-15)13-12-17-18-19(13)11-5-2/h12,14,16H,4-11H2,1-3H3. The lowest BCUT2D eigenvalue weighted by molar-refractivity contribution is 0.212. The highest BCUT2D eigenvalue weighted by Crippen LogP contribution is 2.47. The van der Waals surface area contributed by atoms with E-state index in [1.807, 2.05) is 6.20 Å². The second-order valence-corrected chi connectivity index (χ2v) is 6.13. The van der Waals surface area contributed by atoms with Gasteiger partial charge in [-0.05, 0) is 37.6 Å². The Morgan fingerprint density at radius 2 is 2.05 bits per heavy atom. The monoisotopic (exact) mass is 264 g/mol. The summed E-state index contributed by atoms with van der Waals surface area (Å²) in [6.07, 6.45) is 9.58. The lowest BCUT2D eigenvalue weighted by Crippen LogP contribution is -2.36. The predicted octanol–water partition coefficient (Wildman–Crippen LogP) is 3.31. The molecule has 1 saturated carbocycles. The Hall–Kier alpha value is -0.900. The number of rotatable bonds is 7. The Labute approximate surface area is 117 Å². The summed E-state index contributed by atoms with van der Waals surface area (Å²) < 4.78 is 2.09. The summed E-state index contributed by atoms with van der Waals surface area (Å²) in [5.41, 5.74) is 1.64. The summed E-state index contributed by atoms with van der Waals surface area (Å²) in [6, 6.07) is 0.400. The molecule has 0 amide bonds. The van der Waals surface area contributed by atoms with Gasteiger partial charge in [0.25, 0.3) is 0 Å². The molecule has 4 heteroatoms. The van der Waals surface area contributed by atoms with Crippen molar-refractivity contribution in [3.05, 3.63) is 11.9 Å². The summed E-state index contributed by atoms with van der Waals surface area (Å²) in [6.45, 7) is 8.88. The van der Waals surface area contributed by atoms with Gasteiger partial charge in [0.15, 0.2) is 0 Å². The fourth-order valence-corrected chi connectivity index (χ4v) is 3.34. The molecule has 4 nitrogen and oxygen atoms in total. The maximum Gasteiger partial charge on any atom is 0.0762 e. The molecule has 108 valence electrons. The average molecular weight is 264 g/mol. The molecule has 0 bridgehead atoms. The van der Waals surface area contributed by atoms with E-state index in [-0.39, 0.29) is 0 Å². The Bertz CT molecular complexity index is 379. The van der Waals surface area contributed by atoms with E-state index in [1.165, 1.54) is 37.8 Å². The number of nitrogens with one attached hydrogen (secondary N) is 1. The zero-order valence-corrected chi connectivity index (χ0v) is 12.7. The van der Waals surface area contributed by atoms with Crippen LogP contribution in [0.5, 0.6) is 0 Å². The zero-order chi connectivity index (χ0) is 13.7. The third-order valence-electron chi connectivity index (χ3n) is 4.42. The van der Waals surface area contributed by atoms with E-state index in [0.29, 0.717) is 11.5 Å². The molecular formula is C15H28N4. The quantitative estimate of drug-likeness (QED) is 0.821. The summed E-state index contributed by atoms with van der Waals surface area (Å²) in [4.78, 5) is 0. The Balaban J connectivity index is 2.23. The first kappa shape index (κ1) is 14.5. The van der Waals surface area contributed by atoms with Crippen LogP contribution < -0.4 is 5.32 Å². The van der Waals surface area contributed by atoms with Crippen LogP contribution in [0.4, 0.5) is 0 Å². The number of hydrogen-bond acceptors (Lipinski definition) is 3. The highest BCUT2D eigenvalue weighted by molar-refractivity contribution is 5.09. The van der Waals surface area contributed by atoms with Crippen LogP contribution in [0.1, 0.15) is 71.0 Å². The fourth-order valence-electron chi connectivity index (χ4n) is 3.34. The Kier molecular flexibility index (Phi) is 4.97. The van der Waals surface area contributed by atoms with E-state index in [1.54, 1.807) is 0 Å². The first-order chi connectivity index (χ1) is 9.21. The summed E-state index contributed by atoms with van der Waals surface area (Å²) in [5.74, 6) is 0. The van der Waals surface area contributed by atoms with Gasteiger partial charge in [0.05, 0.1) is 17.9 Å². The van der Waals surface area contributed by atoms with Crippen molar-refractivity contribution in [1.82, 2.24) is 20.3 Å². The first-order valence-electron chi connectivity index (χ1n) is 7.83. The van der Waals surface area contributed by atoms with Crippen LogP contribution in [0.25, 0.3) is 0 Å². The van der Waals surface area contributed by atoms with E-state index in [4.69, 9.17) is 0 Å². The molecule has 19 heavy (non-hydrogen) atoms. The van der Waals surface area contributed by atoms with Crippen LogP contribution in [0.2, 0.25) is 0 Å². The van der Waals surface area contributed by atoms with Crippen molar-refractivity contribution in [2.45, 2.75) is 71.9 Å². The highest BCUT2D eigenvalue weighted by atomic mass is 15.4. The molecule has 1 unspecified atom stereocenters. The SMILES string of the molecule is CCCNC(c1cnnn1CCC)C1(C)CCCC1. The van der Waals surface area contributed by atoms with Gasteiger partial charge in [0.1, 0.15) is 0 Å². The van der Waals surface area contributed by atoms with Gasteiger partial charge in [0, 0.05) is 6.54 Å². The molecule has 1 atom stereocenters. The number of aryl methyl sites for hydroxylation is 1. The number of aromatic nitrogens is 3. The van der Waals surface area contributed by atoms with Crippen LogP contribution in [0.15, 0.2) is 6.20 Å². The fraction of sp³-hybridized carbons (Fsp3) is 0.867. The van der Waals surface area contributed by atoms with Gasteiger partial charge in [-0.1, -0.05) is 38.8 Å². The molecule has 1 aliphatic carbocycles. The summed E-state index contributed by atoms with van der Waals surface area (Å²) in [5, 5.41) is 12.2. The molecule has 0 aromatic carbocycles. The van der Waals surface area contributed by atoms with Crippen LogP contribution in [-0.4, -0.2) is 21.5 Å². The van der Waals surface area contributed by atoms with Gasteiger partial charge in [-0.15, -0.1) is 5.10 Å². The van der Waals surface area contributed by atoms with Gasteiger partial charge < -0.3 is 5.32 Å². The first-order valence-corrected chi connectivity index (χ1v) is 7.83. The minimum absolute atomic E-state index is 0.363. The van der Waals surface area contributed by atoms with Gasteiger partial charge in [-0.3, -0.25) is 0 Å². The maximum atomic E-state index is 4.26. The van der Waals surface area contributed by atoms with Crippen molar-refractivity contribution in [2.24, 2.45) is 5.41 Å². The van der Waals surface area contributed by atoms with Crippen molar-refractivity contribution in [3.63, 3.8) is 0 Å². The molecule has 1 aromatic heterocycles. The highest BCUT2D eigenvalue weighted by Gasteiger charge is 2.39. The molecule has 0 spiro atoms. The van der Waals surface area contributed by atoms with E-state index in [9.17, 15) is 0 Å². The summed E-state index contributed by atoms with van der Waals surface area (Å²) in [7, 11) is 0. The normalized spacial score (nSPS) is 19.7. The molecule has 1 aromatic rings. The third kappa shape index (κ3) is 3.16. The number of nitrogens with zero attached hydrogens (tertiary/aromatic N) is 3. The smallest absolute Gasteiger partial charge is 0.0762 e. The molecule has 1 fully saturated rings. The van der Waals surface area contributed by atoms with E-state index < -0.39 is 0 Å². The average Bonchev–Trinajstić information content (AvgIpc) is 3.01. The summed E-state index contributed by atoms with van der Waals surface area (Å²) >= 11 is 0. The molecular weight excluding hydrogens is 236 g/mol. The molecule has 0 saturated heterocycles. The van der Waals surface area contributed by atoms with Gasteiger partial charge >= 0.3 is 0 Å². The van der Waals surface area contributed by atoms with E-state index >= 15 is 0 Å². The van der Waals surface area contributed by atoms with Crippen LogP contribution in [0, 0.1) is 5.41 Å². The van der Waals surface area contributed by atoms with Crippen molar-refractivity contribution in [1.29, 1.82) is 0 Å². The van der Waals surface area contributed by atoms with E-state index in [2.05, 4.69) is 41.1 Å². The molecule has 1 aliphatic rings. The minimum atomic E-state index is 0.363. The van der Waals surface area contributed by atoms with Crippen LogP contribution >= 0.6 is 0 Å². The second kappa shape index (κ2) is 6.51. The maximum absolute atomic E-state index is 4.26. The van der Waals surface area contributed by atoms with Crippen molar-refractivity contribution < 1.29 is 0 Å². The van der Waals surface area contributed by atoms with Crippen molar-refractivity contribution in [3.8, 4) is 0 Å².